The zero-order valence-electron chi connectivity index (χ0n) is 22.1. The largest absolute Gasteiger partial charge is 0.465 e. The number of fused-ring (bicyclic) bond motifs is 2. The number of nitrogens with zero attached hydrogens (tertiary/aromatic N) is 3. The quantitative estimate of drug-likeness (QED) is 0.525. The van der Waals surface area contributed by atoms with Crippen LogP contribution in [0.25, 0.3) is 0 Å². The highest BCUT2D eigenvalue weighted by atomic mass is 16.5. The van der Waals surface area contributed by atoms with Crippen LogP contribution in [0.5, 0.6) is 0 Å². The molecule has 1 unspecified atom stereocenters. The lowest BCUT2D eigenvalue weighted by atomic mass is 9.76. The minimum absolute atomic E-state index is 0.0172. The molecule has 38 heavy (non-hydrogen) atoms. The van der Waals surface area contributed by atoms with Gasteiger partial charge in [-0.1, -0.05) is 25.8 Å². The summed E-state index contributed by atoms with van der Waals surface area (Å²) in [7, 11) is 0. The van der Waals surface area contributed by atoms with Gasteiger partial charge in [0.25, 0.3) is 5.91 Å². The number of aromatic nitrogens is 2. The first-order chi connectivity index (χ1) is 18.3. The minimum Gasteiger partial charge on any atom is -0.465 e. The number of carbonyl (C=O) groups is 3. The van der Waals surface area contributed by atoms with Crippen LogP contribution in [0.4, 0.5) is 16.2 Å². The molecule has 2 fully saturated rings. The SMILES string of the molecule is CCn1nccc1C(=O)NC(C(=O)Nc1ccc2c(c1)N(C(=O)O)CC21CCOCC1)C1CCC(C)CC1. The maximum Gasteiger partial charge on any atom is 0.411 e. The van der Waals surface area contributed by atoms with E-state index in [-0.39, 0.29) is 23.1 Å². The Morgan fingerprint density at radius 2 is 1.89 bits per heavy atom. The first kappa shape index (κ1) is 26.2. The molecular formula is C28H37N5O5. The van der Waals surface area contributed by atoms with Crippen LogP contribution in [0.3, 0.4) is 0 Å². The van der Waals surface area contributed by atoms with E-state index in [4.69, 9.17) is 4.74 Å². The molecule has 3 amide bonds. The third kappa shape index (κ3) is 5.01. The Morgan fingerprint density at radius 3 is 2.58 bits per heavy atom. The van der Waals surface area contributed by atoms with Crippen molar-refractivity contribution in [1.29, 1.82) is 0 Å². The van der Waals surface area contributed by atoms with Crippen molar-refractivity contribution in [2.75, 3.05) is 30.0 Å². The summed E-state index contributed by atoms with van der Waals surface area (Å²) in [4.78, 5) is 40.3. The van der Waals surface area contributed by atoms with Gasteiger partial charge < -0.3 is 20.5 Å². The number of anilines is 2. The van der Waals surface area contributed by atoms with Crippen LogP contribution in [-0.2, 0) is 21.5 Å². The van der Waals surface area contributed by atoms with Gasteiger partial charge in [-0.2, -0.15) is 5.10 Å². The smallest absolute Gasteiger partial charge is 0.411 e. The first-order valence-corrected chi connectivity index (χ1v) is 13.7. The van der Waals surface area contributed by atoms with E-state index in [9.17, 15) is 19.5 Å². The van der Waals surface area contributed by atoms with Crippen molar-refractivity contribution in [1.82, 2.24) is 15.1 Å². The fourth-order valence-corrected chi connectivity index (χ4v) is 6.34. The Kier molecular flexibility index (Phi) is 7.43. The summed E-state index contributed by atoms with van der Waals surface area (Å²) < 4.78 is 7.16. The molecule has 10 nitrogen and oxygen atoms in total. The van der Waals surface area contributed by atoms with Gasteiger partial charge in [0.2, 0.25) is 5.91 Å². The van der Waals surface area contributed by atoms with Gasteiger partial charge in [0.05, 0.1) is 5.69 Å². The summed E-state index contributed by atoms with van der Waals surface area (Å²) in [6.07, 6.45) is 5.83. The van der Waals surface area contributed by atoms with E-state index in [0.717, 1.165) is 44.1 Å². The lowest BCUT2D eigenvalue weighted by Crippen LogP contribution is -2.49. The zero-order valence-corrected chi connectivity index (χ0v) is 22.1. The average Bonchev–Trinajstić information content (AvgIpc) is 3.51. The van der Waals surface area contributed by atoms with Gasteiger partial charge in [0.15, 0.2) is 0 Å². The number of hydrogen-bond acceptors (Lipinski definition) is 5. The number of benzene rings is 1. The van der Waals surface area contributed by atoms with Crippen LogP contribution in [0.1, 0.15) is 68.4 Å². The van der Waals surface area contributed by atoms with Crippen molar-refractivity contribution in [3.05, 3.63) is 41.7 Å². The molecule has 5 rings (SSSR count). The first-order valence-electron chi connectivity index (χ1n) is 13.7. The molecule has 0 radical (unpaired) electrons. The maximum absolute atomic E-state index is 13.7. The van der Waals surface area contributed by atoms with Crippen molar-refractivity contribution in [2.24, 2.45) is 11.8 Å². The van der Waals surface area contributed by atoms with E-state index < -0.39 is 12.1 Å². The van der Waals surface area contributed by atoms with E-state index in [1.54, 1.807) is 23.0 Å². The lowest BCUT2D eigenvalue weighted by molar-refractivity contribution is -0.119. The molecule has 1 atom stereocenters. The summed E-state index contributed by atoms with van der Waals surface area (Å²) in [5.74, 6) is 0.00339. The van der Waals surface area contributed by atoms with Gasteiger partial charge in [-0.3, -0.25) is 19.2 Å². The van der Waals surface area contributed by atoms with E-state index in [2.05, 4.69) is 22.7 Å². The van der Waals surface area contributed by atoms with Gasteiger partial charge in [0, 0.05) is 43.6 Å². The van der Waals surface area contributed by atoms with Gasteiger partial charge in [-0.15, -0.1) is 0 Å². The summed E-state index contributed by atoms with van der Waals surface area (Å²) >= 11 is 0. The van der Waals surface area contributed by atoms with Crippen LogP contribution in [0.15, 0.2) is 30.5 Å². The Morgan fingerprint density at radius 1 is 1.16 bits per heavy atom. The van der Waals surface area contributed by atoms with Gasteiger partial charge in [-0.05, 0) is 68.2 Å². The number of carbonyl (C=O) groups excluding carboxylic acids is 2. The van der Waals surface area contributed by atoms with Gasteiger partial charge in [0.1, 0.15) is 11.7 Å². The number of rotatable bonds is 6. The van der Waals surface area contributed by atoms with Crippen molar-refractivity contribution < 1.29 is 24.2 Å². The summed E-state index contributed by atoms with van der Waals surface area (Å²) in [5.41, 5.74) is 2.28. The number of hydrogen-bond donors (Lipinski definition) is 3. The summed E-state index contributed by atoms with van der Waals surface area (Å²) in [6, 6.07) is 6.48. The standard InChI is InChI=1S/C28H37N5O5/c1-3-33-22(10-13-29-33)25(34)31-24(19-6-4-18(2)5-7-19)26(35)30-20-8-9-21-23(16-20)32(27(36)37)17-28(21)11-14-38-15-12-28/h8-10,13,16,18-19,24H,3-7,11-12,14-15,17H2,1-2H3,(H,30,35)(H,31,34)(H,36,37). The lowest BCUT2D eigenvalue weighted by Gasteiger charge is -2.33. The molecule has 1 aromatic carbocycles. The molecule has 1 saturated carbocycles. The van der Waals surface area contributed by atoms with Crippen LogP contribution < -0.4 is 15.5 Å². The number of amides is 3. The molecule has 3 heterocycles. The molecule has 1 aromatic heterocycles. The van der Waals surface area contributed by atoms with E-state index >= 15 is 0 Å². The number of ether oxygens (including phenoxy) is 1. The second-order valence-electron chi connectivity index (χ2n) is 11.0. The van der Waals surface area contributed by atoms with Crippen LogP contribution in [0.2, 0.25) is 0 Å². The van der Waals surface area contributed by atoms with Crippen LogP contribution in [0, 0.1) is 11.8 Å². The fourth-order valence-electron chi connectivity index (χ4n) is 6.34. The van der Waals surface area contributed by atoms with E-state index in [1.807, 2.05) is 19.1 Å². The molecule has 204 valence electrons. The Hall–Kier alpha value is -3.40. The molecule has 1 aliphatic carbocycles. The molecule has 0 bridgehead atoms. The molecule has 3 N–H and O–H groups in total. The van der Waals surface area contributed by atoms with Crippen LogP contribution in [-0.4, -0.2) is 58.6 Å². The minimum atomic E-state index is -1.01. The highest BCUT2D eigenvalue weighted by molar-refractivity contribution is 6.01. The predicted octanol–water partition coefficient (Wildman–Crippen LogP) is 4.01. The molecule has 10 heteroatoms. The second kappa shape index (κ2) is 10.8. The Bertz CT molecular complexity index is 1200. The third-order valence-electron chi connectivity index (χ3n) is 8.62. The van der Waals surface area contributed by atoms with E-state index in [1.165, 1.54) is 4.90 Å². The van der Waals surface area contributed by atoms with Crippen molar-refractivity contribution >= 4 is 29.3 Å². The summed E-state index contributed by atoms with van der Waals surface area (Å²) in [6.45, 7) is 6.27. The number of aryl methyl sites for hydroxylation is 1. The fraction of sp³-hybridized carbons (Fsp3) is 0.571. The molecule has 3 aliphatic rings. The summed E-state index contributed by atoms with van der Waals surface area (Å²) in [5, 5.41) is 20.1. The molecular weight excluding hydrogens is 486 g/mol. The Balaban J connectivity index is 1.39. The molecule has 1 spiro atoms. The van der Waals surface area contributed by atoms with Crippen LogP contribution >= 0.6 is 0 Å². The normalized spacial score (nSPS) is 23.1. The molecule has 2 aromatic rings. The Labute approximate surface area is 222 Å². The highest BCUT2D eigenvalue weighted by Crippen LogP contribution is 2.47. The average molecular weight is 524 g/mol. The number of carboxylic acid groups (broad SMARTS) is 1. The number of nitrogens with one attached hydrogen (secondary N) is 2. The molecule has 2 aliphatic heterocycles. The molecule has 1 saturated heterocycles. The van der Waals surface area contributed by atoms with Gasteiger partial charge >= 0.3 is 6.09 Å². The van der Waals surface area contributed by atoms with E-state index in [0.29, 0.717) is 49.3 Å². The zero-order chi connectivity index (χ0) is 26.9. The van der Waals surface area contributed by atoms with Crippen molar-refractivity contribution in [3.8, 4) is 0 Å². The monoisotopic (exact) mass is 523 g/mol. The highest BCUT2D eigenvalue weighted by Gasteiger charge is 2.46. The van der Waals surface area contributed by atoms with Crippen molar-refractivity contribution in [2.45, 2.75) is 70.4 Å². The third-order valence-corrected chi connectivity index (χ3v) is 8.62. The predicted molar refractivity (Wildman–Crippen MR) is 142 cm³/mol. The van der Waals surface area contributed by atoms with Crippen molar-refractivity contribution in [3.63, 3.8) is 0 Å². The maximum atomic E-state index is 13.7. The van der Waals surface area contributed by atoms with Gasteiger partial charge in [-0.25, -0.2) is 4.79 Å². The topological polar surface area (TPSA) is 126 Å². The second-order valence-corrected chi connectivity index (χ2v) is 11.0.